The Labute approximate surface area is 215 Å². The number of benzene rings is 2. The van der Waals surface area contributed by atoms with Gasteiger partial charge in [0.05, 0.1) is 18.3 Å². The molecule has 0 bridgehead atoms. The van der Waals surface area contributed by atoms with Crippen molar-refractivity contribution in [3.63, 3.8) is 0 Å². The van der Waals surface area contributed by atoms with Gasteiger partial charge in [0.2, 0.25) is 0 Å². The lowest BCUT2D eigenvalue weighted by atomic mass is 9.97. The van der Waals surface area contributed by atoms with Crippen molar-refractivity contribution in [2.24, 2.45) is 7.05 Å². The minimum atomic E-state index is -0.260. The van der Waals surface area contributed by atoms with Crippen LogP contribution in [-0.2, 0) is 13.7 Å². The maximum Gasteiger partial charge on any atom is 0.274 e. The Kier molecular flexibility index (Phi) is 6.83. The number of pyridine rings is 1. The Balaban J connectivity index is 1.61. The molecule has 1 aliphatic rings. The van der Waals surface area contributed by atoms with E-state index in [4.69, 9.17) is 0 Å². The molecule has 2 aromatic heterocycles. The summed E-state index contributed by atoms with van der Waals surface area (Å²) < 4.78 is 1.49. The summed E-state index contributed by atoms with van der Waals surface area (Å²) in [5.41, 5.74) is 4.66. The number of rotatable bonds is 8. The van der Waals surface area contributed by atoms with Crippen LogP contribution in [-0.4, -0.2) is 25.5 Å². The summed E-state index contributed by atoms with van der Waals surface area (Å²) in [6.45, 7) is 1.88. The number of aromatic nitrogens is 3. The number of nitrogens with one attached hydrogen (secondary N) is 1. The number of carbonyl (C=O) groups excluding carboxylic acids is 1. The molecule has 0 spiro atoms. The average Bonchev–Trinajstić information content (AvgIpc) is 3.21. The summed E-state index contributed by atoms with van der Waals surface area (Å²) in [6.07, 6.45) is 7.58. The molecule has 1 aliphatic heterocycles. The topological polar surface area (TPSA) is 100 Å². The van der Waals surface area contributed by atoms with E-state index in [1.54, 1.807) is 31.6 Å². The van der Waals surface area contributed by atoms with E-state index in [-0.39, 0.29) is 24.1 Å². The first-order valence-corrected chi connectivity index (χ1v) is 12.4. The van der Waals surface area contributed by atoms with Gasteiger partial charge in [0, 0.05) is 36.1 Å². The second kappa shape index (κ2) is 10.4. The Morgan fingerprint density at radius 3 is 2.62 bits per heavy atom. The van der Waals surface area contributed by atoms with Gasteiger partial charge in [-0.3, -0.25) is 9.59 Å². The van der Waals surface area contributed by atoms with Crippen molar-refractivity contribution >= 4 is 23.1 Å². The maximum atomic E-state index is 13.6. The summed E-state index contributed by atoms with van der Waals surface area (Å²) in [4.78, 5) is 36.4. The SMILES string of the molecule is CCCCC1c2ccccc2C(=O)N1c1cccc(-c2cc(Nc3ccncn3)c(=O)n(C)c2)c1CO. The number of aliphatic hydroxyl groups excluding tert-OH is 1. The summed E-state index contributed by atoms with van der Waals surface area (Å²) >= 11 is 0. The van der Waals surface area contributed by atoms with Crippen molar-refractivity contribution in [3.05, 3.63) is 100 Å². The molecule has 0 fully saturated rings. The number of amides is 1. The molecule has 0 saturated carbocycles. The van der Waals surface area contributed by atoms with Crippen molar-refractivity contribution in [2.75, 3.05) is 10.2 Å². The molecule has 0 aliphatic carbocycles. The molecule has 8 nitrogen and oxygen atoms in total. The Bertz CT molecular complexity index is 1500. The van der Waals surface area contributed by atoms with Crippen molar-refractivity contribution in [1.82, 2.24) is 14.5 Å². The third kappa shape index (κ3) is 4.51. The van der Waals surface area contributed by atoms with E-state index in [2.05, 4.69) is 22.2 Å². The van der Waals surface area contributed by atoms with Gasteiger partial charge in [0.1, 0.15) is 17.8 Å². The van der Waals surface area contributed by atoms with Crippen molar-refractivity contribution in [2.45, 2.75) is 38.8 Å². The Morgan fingerprint density at radius 1 is 1.05 bits per heavy atom. The van der Waals surface area contributed by atoms with Gasteiger partial charge in [-0.15, -0.1) is 0 Å². The van der Waals surface area contributed by atoms with Crippen molar-refractivity contribution in [1.29, 1.82) is 0 Å². The van der Waals surface area contributed by atoms with E-state index >= 15 is 0 Å². The summed E-state index contributed by atoms with van der Waals surface area (Å²) in [5, 5.41) is 13.6. The van der Waals surface area contributed by atoms with E-state index in [1.165, 1.54) is 10.9 Å². The minimum absolute atomic E-state index is 0.0601. The van der Waals surface area contributed by atoms with Crippen LogP contribution in [0, 0.1) is 0 Å². The smallest absolute Gasteiger partial charge is 0.274 e. The van der Waals surface area contributed by atoms with Gasteiger partial charge < -0.3 is 19.9 Å². The fraction of sp³-hybridized carbons (Fsp3) is 0.241. The molecule has 1 amide bonds. The van der Waals surface area contributed by atoms with Gasteiger partial charge in [0.25, 0.3) is 11.5 Å². The lowest BCUT2D eigenvalue weighted by Gasteiger charge is -2.28. The third-order valence-corrected chi connectivity index (χ3v) is 6.82. The maximum absolute atomic E-state index is 13.6. The highest BCUT2D eigenvalue weighted by molar-refractivity contribution is 6.11. The van der Waals surface area contributed by atoms with Crippen LogP contribution in [0.25, 0.3) is 11.1 Å². The van der Waals surface area contributed by atoms with Crippen LogP contribution in [0.5, 0.6) is 0 Å². The molecule has 1 atom stereocenters. The highest BCUT2D eigenvalue weighted by atomic mass is 16.3. The van der Waals surface area contributed by atoms with Crippen LogP contribution in [0.4, 0.5) is 17.2 Å². The van der Waals surface area contributed by atoms with Gasteiger partial charge in [-0.25, -0.2) is 9.97 Å². The van der Waals surface area contributed by atoms with E-state index in [0.717, 1.165) is 36.0 Å². The standard InChI is InChI=1S/C29H29N5O3/c1-3-4-11-25-21-8-5-6-9-22(21)28(36)34(25)26-12-7-10-20(23(26)17-35)19-15-24(29(37)33(2)16-19)32-27-13-14-30-18-31-27/h5-10,12-16,18,25,35H,3-4,11,17H2,1-2H3,(H,30,31,32). The molecule has 188 valence electrons. The molecule has 8 heteroatoms. The Morgan fingerprint density at radius 2 is 1.86 bits per heavy atom. The van der Waals surface area contributed by atoms with E-state index < -0.39 is 0 Å². The molecule has 4 aromatic rings. The fourth-order valence-corrected chi connectivity index (χ4v) is 5.04. The lowest BCUT2D eigenvalue weighted by molar-refractivity contribution is 0.0989. The summed E-state index contributed by atoms with van der Waals surface area (Å²) in [7, 11) is 1.68. The number of fused-ring (bicyclic) bond motifs is 1. The molecule has 2 N–H and O–H groups in total. The second-order valence-electron chi connectivity index (χ2n) is 9.16. The largest absolute Gasteiger partial charge is 0.392 e. The third-order valence-electron chi connectivity index (χ3n) is 6.82. The monoisotopic (exact) mass is 495 g/mol. The van der Waals surface area contributed by atoms with Crippen LogP contribution in [0.15, 0.2) is 78.1 Å². The molecular formula is C29H29N5O3. The first-order valence-electron chi connectivity index (χ1n) is 12.4. The highest BCUT2D eigenvalue weighted by Gasteiger charge is 2.38. The molecule has 5 rings (SSSR count). The van der Waals surface area contributed by atoms with Crippen LogP contribution < -0.4 is 15.8 Å². The number of hydrogen-bond acceptors (Lipinski definition) is 6. The van der Waals surface area contributed by atoms with Gasteiger partial charge in [-0.05, 0) is 41.8 Å². The quantitative estimate of drug-likeness (QED) is 0.358. The normalized spacial score (nSPS) is 14.6. The highest BCUT2D eigenvalue weighted by Crippen LogP contribution is 2.43. The predicted molar refractivity (Wildman–Crippen MR) is 144 cm³/mol. The molecule has 1 unspecified atom stereocenters. The number of aryl methyl sites for hydroxylation is 1. The summed E-state index contributed by atoms with van der Waals surface area (Å²) in [6, 6.07) is 16.8. The first kappa shape index (κ1) is 24.4. The molecule has 2 aromatic carbocycles. The van der Waals surface area contributed by atoms with Crippen LogP contribution in [0.3, 0.4) is 0 Å². The van der Waals surface area contributed by atoms with Gasteiger partial charge in [-0.1, -0.05) is 50.1 Å². The first-order chi connectivity index (χ1) is 18.0. The van der Waals surface area contributed by atoms with Crippen molar-refractivity contribution < 1.29 is 9.90 Å². The van der Waals surface area contributed by atoms with Gasteiger partial charge >= 0.3 is 0 Å². The molecular weight excluding hydrogens is 466 g/mol. The zero-order valence-electron chi connectivity index (χ0n) is 20.9. The number of carbonyl (C=O) groups is 1. The van der Waals surface area contributed by atoms with Crippen LogP contribution in [0.1, 0.15) is 53.7 Å². The van der Waals surface area contributed by atoms with Crippen LogP contribution in [0.2, 0.25) is 0 Å². The fourth-order valence-electron chi connectivity index (χ4n) is 5.04. The van der Waals surface area contributed by atoms with Crippen molar-refractivity contribution in [3.8, 4) is 11.1 Å². The lowest BCUT2D eigenvalue weighted by Crippen LogP contribution is -2.29. The van der Waals surface area contributed by atoms with Crippen LogP contribution >= 0.6 is 0 Å². The predicted octanol–water partition coefficient (Wildman–Crippen LogP) is 4.97. The number of anilines is 3. The number of unbranched alkanes of at least 4 members (excludes halogenated alkanes) is 1. The molecule has 0 radical (unpaired) electrons. The second-order valence-corrected chi connectivity index (χ2v) is 9.16. The molecule has 3 heterocycles. The molecule has 37 heavy (non-hydrogen) atoms. The minimum Gasteiger partial charge on any atom is -0.392 e. The number of aliphatic hydroxyl groups is 1. The average molecular weight is 496 g/mol. The number of nitrogens with zero attached hydrogens (tertiary/aromatic N) is 4. The van der Waals surface area contributed by atoms with Gasteiger partial charge in [0.15, 0.2) is 0 Å². The Hall–Kier alpha value is -4.30. The molecule has 0 saturated heterocycles. The van der Waals surface area contributed by atoms with E-state index in [0.29, 0.717) is 28.3 Å². The van der Waals surface area contributed by atoms with E-state index in [1.807, 2.05) is 47.4 Å². The zero-order chi connectivity index (χ0) is 25.9. The van der Waals surface area contributed by atoms with Gasteiger partial charge in [-0.2, -0.15) is 0 Å². The zero-order valence-corrected chi connectivity index (χ0v) is 20.9. The number of hydrogen-bond donors (Lipinski definition) is 2. The van der Waals surface area contributed by atoms with E-state index in [9.17, 15) is 14.7 Å². The summed E-state index contributed by atoms with van der Waals surface area (Å²) in [5.74, 6) is 0.440.